The molecule has 33 heavy (non-hydrogen) atoms. The molecule has 2 aliphatic rings. The predicted molar refractivity (Wildman–Crippen MR) is 123 cm³/mol. The average molecular weight is 464 g/mol. The minimum atomic E-state index is -3.69. The smallest absolute Gasteiger partial charge is 0.255 e. The number of hydrogen-bond acceptors (Lipinski definition) is 5. The number of fused-ring (bicyclic) bond motifs is 2. The number of imide groups is 1. The van der Waals surface area contributed by atoms with Gasteiger partial charge in [-0.05, 0) is 46.5 Å². The fourth-order valence-corrected chi connectivity index (χ4v) is 5.58. The number of anilines is 1. The van der Waals surface area contributed by atoms with E-state index in [1.807, 2.05) is 36.4 Å². The monoisotopic (exact) mass is 463 g/mol. The molecule has 0 radical (unpaired) electrons. The molecule has 1 unspecified atom stereocenters. The van der Waals surface area contributed by atoms with Crippen molar-refractivity contribution in [3.05, 3.63) is 77.4 Å². The maximum Gasteiger partial charge on any atom is 0.255 e. The number of amides is 3. The van der Waals surface area contributed by atoms with E-state index in [0.717, 1.165) is 10.8 Å². The standard InChI is InChI=1S/C24H21N3O5S/c28-22-10-9-21(23(29)25-22)27-13-18-12-19(7-8-20(18)24(27)30)26-33(31,32)14-15-5-6-16-3-1-2-4-17(16)11-15/h1-8,11-12,21,26H,9-10,13-14H2,(H,25,28,29). The van der Waals surface area contributed by atoms with Gasteiger partial charge >= 0.3 is 0 Å². The number of nitrogens with zero attached hydrogens (tertiary/aromatic N) is 1. The first kappa shape index (κ1) is 21.1. The summed E-state index contributed by atoms with van der Waals surface area (Å²) in [5.74, 6) is -1.31. The maximum absolute atomic E-state index is 12.8. The van der Waals surface area contributed by atoms with Crippen molar-refractivity contribution >= 4 is 44.2 Å². The summed E-state index contributed by atoms with van der Waals surface area (Å²) in [6, 6.07) is 17.3. The Balaban J connectivity index is 1.32. The molecule has 1 saturated heterocycles. The average Bonchev–Trinajstić information content (AvgIpc) is 3.08. The number of piperidine rings is 1. The fourth-order valence-electron chi connectivity index (χ4n) is 4.40. The molecule has 0 saturated carbocycles. The number of nitrogens with one attached hydrogen (secondary N) is 2. The second-order valence-corrected chi connectivity index (χ2v) is 10.0. The van der Waals surface area contributed by atoms with E-state index in [9.17, 15) is 22.8 Å². The summed E-state index contributed by atoms with van der Waals surface area (Å²) < 4.78 is 28.2. The molecule has 5 rings (SSSR count). The first-order valence-corrected chi connectivity index (χ1v) is 12.2. The van der Waals surface area contributed by atoms with Crippen LogP contribution >= 0.6 is 0 Å². The van der Waals surface area contributed by atoms with Gasteiger partial charge in [-0.3, -0.25) is 24.4 Å². The van der Waals surface area contributed by atoms with Crippen LogP contribution in [0, 0.1) is 0 Å². The summed E-state index contributed by atoms with van der Waals surface area (Å²) in [5.41, 5.74) is 2.09. The van der Waals surface area contributed by atoms with Crippen molar-refractivity contribution in [1.82, 2.24) is 10.2 Å². The molecule has 1 atom stereocenters. The van der Waals surface area contributed by atoms with Gasteiger partial charge in [0.2, 0.25) is 21.8 Å². The second kappa shape index (κ2) is 8.00. The van der Waals surface area contributed by atoms with Crippen LogP contribution in [-0.4, -0.2) is 37.1 Å². The van der Waals surface area contributed by atoms with E-state index in [1.54, 1.807) is 24.3 Å². The van der Waals surface area contributed by atoms with Crippen LogP contribution in [0.15, 0.2) is 60.7 Å². The Morgan fingerprint density at radius 3 is 2.55 bits per heavy atom. The van der Waals surface area contributed by atoms with Crippen molar-refractivity contribution in [2.24, 2.45) is 0 Å². The van der Waals surface area contributed by atoms with Crippen molar-refractivity contribution < 1.29 is 22.8 Å². The van der Waals surface area contributed by atoms with Crippen molar-refractivity contribution in [2.45, 2.75) is 31.2 Å². The number of carbonyl (C=O) groups excluding carboxylic acids is 3. The zero-order valence-electron chi connectivity index (χ0n) is 17.6. The topological polar surface area (TPSA) is 113 Å². The van der Waals surface area contributed by atoms with Crippen molar-refractivity contribution in [2.75, 3.05) is 4.72 Å². The highest BCUT2D eigenvalue weighted by Crippen LogP contribution is 2.30. The molecule has 2 N–H and O–H groups in total. The number of carbonyl (C=O) groups is 3. The third-order valence-electron chi connectivity index (χ3n) is 5.97. The molecule has 0 bridgehead atoms. The summed E-state index contributed by atoms with van der Waals surface area (Å²) in [7, 11) is -3.69. The molecule has 0 aliphatic carbocycles. The lowest BCUT2D eigenvalue weighted by Crippen LogP contribution is -2.52. The molecule has 168 valence electrons. The Bertz CT molecular complexity index is 1420. The van der Waals surface area contributed by atoms with Crippen LogP contribution in [0.3, 0.4) is 0 Å². The summed E-state index contributed by atoms with van der Waals surface area (Å²) in [6.45, 7) is 0.181. The van der Waals surface area contributed by atoms with E-state index in [-0.39, 0.29) is 37.0 Å². The van der Waals surface area contributed by atoms with Crippen LogP contribution in [0.5, 0.6) is 0 Å². The van der Waals surface area contributed by atoms with Gasteiger partial charge in [0.1, 0.15) is 6.04 Å². The second-order valence-electron chi connectivity index (χ2n) is 8.31. The van der Waals surface area contributed by atoms with Crippen LogP contribution in [0.1, 0.15) is 34.3 Å². The van der Waals surface area contributed by atoms with Crippen LogP contribution in [0.25, 0.3) is 10.8 Å². The quantitative estimate of drug-likeness (QED) is 0.565. The van der Waals surface area contributed by atoms with E-state index in [0.29, 0.717) is 22.4 Å². The Kier molecular flexibility index (Phi) is 5.13. The summed E-state index contributed by atoms with van der Waals surface area (Å²) in [4.78, 5) is 37.8. The van der Waals surface area contributed by atoms with Gasteiger partial charge in [0.05, 0.1) is 5.75 Å². The molecular weight excluding hydrogens is 442 g/mol. The van der Waals surface area contributed by atoms with E-state index >= 15 is 0 Å². The van der Waals surface area contributed by atoms with Gasteiger partial charge < -0.3 is 4.90 Å². The highest BCUT2D eigenvalue weighted by Gasteiger charge is 2.39. The zero-order chi connectivity index (χ0) is 23.2. The van der Waals surface area contributed by atoms with Gasteiger partial charge in [0.15, 0.2) is 0 Å². The predicted octanol–water partition coefficient (Wildman–Crippen LogP) is 2.54. The largest absolute Gasteiger partial charge is 0.322 e. The molecular formula is C24H21N3O5S. The highest BCUT2D eigenvalue weighted by molar-refractivity contribution is 7.91. The van der Waals surface area contributed by atoms with Gasteiger partial charge in [0.25, 0.3) is 5.91 Å². The molecule has 9 heteroatoms. The Morgan fingerprint density at radius 2 is 1.76 bits per heavy atom. The summed E-state index contributed by atoms with van der Waals surface area (Å²) in [6.07, 6.45) is 0.450. The lowest BCUT2D eigenvalue weighted by molar-refractivity contribution is -0.136. The molecule has 2 heterocycles. The molecule has 0 aromatic heterocycles. The first-order chi connectivity index (χ1) is 15.8. The number of sulfonamides is 1. The van der Waals surface area contributed by atoms with Crippen LogP contribution in [0.2, 0.25) is 0 Å². The Morgan fingerprint density at radius 1 is 0.970 bits per heavy atom. The third kappa shape index (κ3) is 4.19. The van der Waals surface area contributed by atoms with Crippen molar-refractivity contribution in [1.29, 1.82) is 0 Å². The van der Waals surface area contributed by atoms with Crippen molar-refractivity contribution in [3.8, 4) is 0 Å². The molecule has 2 aliphatic heterocycles. The first-order valence-electron chi connectivity index (χ1n) is 10.5. The normalized spacial score (nSPS) is 18.4. The van der Waals surface area contributed by atoms with Gasteiger partial charge in [-0.2, -0.15) is 0 Å². The zero-order valence-corrected chi connectivity index (χ0v) is 18.4. The van der Waals surface area contributed by atoms with Gasteiger partial charge in [-0.15, -0.1) is 0 Å². The van der Waals surface area contributed by atoms with Crippen molar-refractivity contribution in [3.63, 3.8) is 0 Å². The molecule has 8 nitrogen and oxygen atoms in total. The molecule has 3 aromatic rings. The molecule has 3 amide bonds. The Labute approximate surface area is 190 Å². The van der Waals surface area contributed by atoms with E-state index in [2.05, 4.69) is 10.0 Å². The van der Waals surface area contributed by atoms with Crippen LogP contribution < -0.4 is 10.0 Å². The molecule has 0 spiro atoms. The lowest BCUT2D eigenvalue weighted by atomic mass is 10.0. The molecule has 1 fully saturated rings. The van der Waals surface area contributed by atoms with Crippen LogP contribution in [-0.2, 0) is 31.9 Å². The lowest BCUT2D eigenvalue weighted by Gasteiger charge is -2.29. The maximum atomic E-state index is 12.8. The van der Waals surface area contributed by atoms with Gasteiger partial charge in [-0.1, -0.05) is 42.5 Å². The third-order valence-corrected chi connectivity index (χ3v) is 7.23. The summed E-state index contributed by atoms with van der Waals surface area (Å²) in [5, 5.41) is 4.27. The number of rotatable bonds is 5. The number of hydrogen-bond donors (Lipinski definition) is 2. The van der Waals surface area contributed by atoms with E-state index in [1.165, 1.54) is 4.90 Å². The van der Waals surface area contributed by atoms with Crippen LogP contribution in [0.4, 0.5) is 5.69 Å². The summed E-state index contributed by atoms with van der Waals surface area (Å²) >= 11 is 0. The fraction of sp³-hybridized carbons (Fsp3) is 0.208. The minimum Gasteiger partial charge on any atom is -0.322 e. The van der Waals surface area contributed by atoms with Gasteiger partial charge in [-0.25, -0.2) is 8.42 Å². The SMILES string of the molecule is O=C1CCC(N2Cc3cc(NS(=O)(=O)Cc4ccc5ccccc5c4)ccc3C2=O)C(=O)N1. The van der Waals surface area contributed by atoms with Gasteiger partial charge in [0, 0.05) is 24.2 Å². The minimum absolute atomic E-state index is 0.177. The Hall–Kier alpha value is -3.72. The molecule has 3 aromatic carbocycles. The highest BCUT2D eigenvalue weighted by atomic mass is 32.2. The number of benzene rings is 3. The van der Waals surface area contributed by atoms with E-state index < -0.39 is 22.0 Å². The van der Waals surface area contributed by atoms with E-state index in [4.69, 9.17) is 0 Å².